The monoisotopic (exact) mass is 1040 g/mol. The topological polar surface area (TPSA) is 78.9 Å². The van der Waals surface area contributed by atoms with Crippen molar-refractivity contribution in [2.75, 3.05) is 13.2 Å². The summed E-state index contributed by atoms with van der Waals surface area (Å²) in [4.78, 5) is 38.3. The average molecular weight is 1040 g/mol. The number of ether oxygens (including phenoxy) is 3. The molecule has 0 saturated heterocycles. The van der Waals surface area contributed by atoms with Gasteiger partial charge in [-0.05, 0) is 122 Å². The summed E-state index contributed by atoms with van der Waals surface area (Å²) in [5, 5.41) is 0. The SMILES string of the molecule is CC/C=C\C/C=C\C/C=C\C/C=C\CCCCC(=O)OCC(COC(=O)CCCCCCCCCCCCC/C=C\C/C=C\CCCCCCC)OC(=O)CCCCCCCCCCC/C=C\C/C=C\CCCCC. The van der Waals surface area contributed by atoms with Crippen LogP contribution in [0.15, 0.2) is 97.2 Å². The summed E-state index contributed by atoms with van der Waals surface area (Å²) < 4.78 is 16.9. The molecule has 1 unspecified atom stereocenters. The predicted molar refractivity (Wildman–Crippen MR) is 325 cm³/mol. The van der Waals surface area contributed by atoms with Gasteiger partial charge in [0.2, 0.25) is 0 Å². The number of carbonyl (C=O) groups excluding carboxylic acids is 3. The number of esters is 3. The summed E-state index contributed by atoms with van der Waals surface area (Å²) in [5.74, 6) is -0.934. The molecule has 0 aliphatic heterocycles. The van der Waals surface area contributed by atoms with E-state index in [0.717, 1.165) is 96.3 Å². The van der Waals surface area contributed by atoms with Crippen LogP contribution in [0.4, 0.5) is 0 Å². The Morgan fingerprint density at radius 2 is 0.520 bits per heavy atom. The fraction of sp³-hybridized carbons (Fsp3) is 0.725. The van der Waals surface area contributed by atoms with E-state index in [4.69, 9.17) is 14.2 Å². The van der Waals surface area contributed by atoms with Crippen molar-refractivity contribution >= 4 is 17.9 Å². The molecular formula is C69H118O6. The lowest BCUT2D eigenvalue weighted by Crippen LogP contribution is -2.30. The molecule has 75 heavy (non-hydrogen) atoms. The molecule has 430 valence electrons. The molecule has 6 nitrogen and oxygen atoms in total. The standard InChI is InChI=1S/C69H118O6/c1-4-7-10-13-16-19-22-25-28-30-32-33-34-35-37-38-41-44-47-50-53-56-59-62-68(71)74-65-66(64-73-67(70)61-58-55-52-49-46-43-40-27-24-21-18-15-12-9-6-3)75-69(72)63-60-57-54-51-48-45-42-39-36-31-29-26-23-20-17-14-11-8-5-2/h9,12,17-18,20-22,25-27,29-30,32,40,46,49,66H,4-8,10-11,13-16,19,23-24,28,31,33-39,41-45,47-48,50-65H2,1-3H3/b12-9-,20-17-,21-18-,25-22-,29-26-,32-30-,40-27-,49-46-. The maximum Gasteiger partial charge on any atom is 0.306 e. The maximum atomic E-state index is 12.9. The Balaban J connectivity index is 4.39. The minimum atomic E-state index is -0.800. The second-order valence-electron chi connectivity index (χ2n) is 20.9. The summed E-state index contributed by atoms with van der Waals surface area (Å²) in [6.45, 7) is 6.47. The number of allylic oxidation sites excluding steroid dienone is 16. The van der Waals surface area contributed by atoms with Gasteiger partial charge in [-0.15, -0.1) is 0 Å². The van der Waals surface area contributed by atoms with Crippen LogP contribution >= 0.6 is 0 Å². The van der Waals surface area contributed by atoms with E-state index in [1.54, 1.807) is 0 Å². The van der Waals surface area contributed by atoms with Crippen LogP contribution in [0.2, 0.25) is 0 Å². The van der Waals surface area contributed by atoms with Gasteiger partial charge in [0.15, 0.2) is 6.10 Å². The highest BCUT2D eigenvalue weighted by Crippen LogP contribution is 2.16. The number of carbonyl (C=O) groups is 3. The first-order chi connectivity index (χ1) is 37.0. The lowest BCUT2D eigenvalue weighted by Gasteiger charge is -2.18. The minimum absolute atomic E-state index is 0.0931. The number of unbranched alkanes of at least 4 members (excludes halogenated alkanes) is 30. The van der Waals surface area contributed by atoms with Crippen LogP contribution in [-0.4, -0.2) is 37.2 Å². The first-order valence-electron chi connectivity index (χ1n) is 31.7. The summed E-state index contributed by atoms with van der Waals surface area (Å²) in [5.41, 5.74) is 0. The van der Waals surface area contributed by atoms with Crippen LogP contribution in [0.3, 0.4) is 0 Å². The van der Waals surface area contributed by atoms with Gasteiger partial charge >= 0.3 is 17.9 Å². The Morgan fingerprint density at radius 1 is 0.280 bits per heavy atom. The molecule has 6 heteroatoms. The Kier molecular flexibility index (Phi) is 59.8. The van der Waals surface area contributed by atoms with Gasteiger partial charge < -0.3 is 14.2 Å². The molecule has 0 rings (SSSR count). The molecule has 0 aromatic rings. The zero-order valence-electron chi connectivity index (χ0n) is 49.3. The highest BCUT2D eigenvalue weighted by molar-refractivity contribution is 5.71. The van der Waals surface area contributed by atoms with E-state index in [2.05, 4.69) is 118 Å². The van der Waals surface area contributed by atoms with Gasteiger partial charge in [0.25, 0.3) is 0 Å². The Morgan fingerprint density at radius 3 is 0.867 bits per heavy atom. The first-order valence-corrected chi connectivity index (χ1v) is 31.7. The van der Waals surface area contributed by atoms with Crippen LogP contribution in [-0.2, 0) is 28.6 Å². The third-order valence-corrected chi connectivity index (χ3v) is 13.5. The summed E-state index contributed by atoms with van der Waals surface area (Å²) in [7, 11) is 0. The van der Waals surface area contributed by atoms with Crippen LogP contribution in [0, 0.1) is 0 Å². The Bertz CT molecular complexity index is 1480. The largest absolute Gasteiger partial charge is 0.462 e. The molecule has 0 radical (unpaired) electrons. The van der Waals surface area contributed by atoms with Gasteiger partial charge in [-0.1, -0.05) is 259 Å². The molecule has 0 saturated carbocycles. The number of rotatable bonds is 57. The second-order valence-corrected chi connectivity index (χ2v) is 20.9. The molecule has 0 amide bonds. The van der Waals surface area contributed by atoms with E-state index in [1.807, 2.05) is 0 Å². The smallest absolute Gasteiger partial charge is 0.306 e. The van der Waals surface area contributed by atoms with E-state index in [0.29, 0.717) is 19.3 Å². The van der Waals surface area contributed by atoms with Crippen molar-refractivity contribution in [2.24, 2.45) is 0 Å². The summed E-state index contributed by atoms with van der Waals surface area (Å²) >= 11 is 0. The van der Waals surface area contributed by atoms with Gasteiger partial charge in [0.05, 0.1) is 0 Å². The van der Waals surface area contributed by atoms with Gasteiger partial charge in [-0.2, -0.15) is 0 Å². The second kappa shape index (κ2) is 62.9. The quantitative estimate of drug-likeness (QED) is 0.0261. The van der Waals surface area contributed by atoms with Crippen molar-refractivity contribution in [3.8, 4) is 0 Å². The van der Waals surface area contributed by atoms with Gasteiger partial charge in [-0.3, -0.25) is 14.4 Å². The zero-order valence-corrected chi connectivity index (χ0v) is 49.3. The lowest BCUT2D eigenvalue weighted by atomic mass is 10.0. The first kappa shape index (κ1) is 71.3. The highest BCUT2D eigenvalue weighted by atomic mass is 16.6. The molecule has 0 fully saturated rings. The van der Waals surface area contributed by atoms with E-state index < -0.39 is 6.10 Å². The van der Waals surface area contributed by atoms with Crippen molar-refractivity contribution < 1.29 is 28.6 Å². The van der Waals surface area contributed by atoms with Crippen molar-refractivity contribution in [1.29, 1.82) is 0 Å². The summed E-state index contributed by atoms with van der Waals surface area (Å²) in [6.07, 6.45) is 84.1. The highest BCUT2D eigenvalue weighted by Gasteiger charge is 2.19. The zero-order chi connectivity index (χ0) is 54.3. The average Bonchev–Trinajstić information content (AvgIpc) is 3.41. The molecule has 1 atom stereocenters. The molecule has 0 spiro atoms. The molecule has 0 heterocycles. The van der Waals surface area contributed by atoms with E-state index in [9.17, 15) is 14.4 Å². The number of hydrogen-bond acceptors (Lipinski definition) is 6. The minimum Gasteiger partial charge on any atom is -0.462 e. The van der Waals surface area contributed by atoms with Crippen molar-refractivity contribution in [1.82, 2.24) is 0 Å². The molecule has 0 aliphatic carbocycles. The molecule has 0 aromatic carbocycles. The fourth-order valence-corrected chi connectivity index (χ4v) is 8.79. The maximum absolute atomic E-state index is 12.9. The third-order valence-electron chi connectivity index (χ3n) is 13.5. The molecule has 0 aromatic heterocycles. The lowest BCUT2D eigenvalue weighted by molar-refractivity contribution is -0.167. The Labute approximate surface area is 464 Å². The van der Waals surface area contributed by atoms with Crippen LogP contribution in [0.5, 0.6) is 0 Å². The number of hydrogen-bond donors (Lipinski definition) is 0. The summed E-state index contributed by atoms with van der Waals surface area (Å²) in [6, 6.07) is 0. The molecule has 0 N–H and O–H groups in total. The van der Waals surface area contributed by atoms with E-state index >= 15 is 0 Å². The van der Waals surface area contributed by atoms with Crippen molar-refractivity contribution in [2.45, 2.75) is 309 Å². The van der Waals surface area contributed by atoms with E-state index in [-0.39, 0.29) is 31.1 Å². The van der Waals surface area contributed by atoms with Crippen molar-refractivity contribution in [3.63, 3.8) is 0 Å². The Hall–Kier alpha value is -3.67. The van der Waals surface area contributed by atoms with Gasteiger partial charge in [-0.25, -0.2) is 0 Å². The molecule has 0 bridgehead atoms. The third kappa shape index (κ3) is 61.1. The normalized spacial score (nSPS) is 12.7. The molecular weight excluding hydrogens is 925 g/mol. The van der Waals surface area contributed by atoms with Crippen LogP contribution in [0.1, 0.15) is 303 Å². The molecule has 0 aliphatic rings. The van der Waals surface area contributed by atoms with Crippen LogP contribution in [0.25, 0.3) is 0 Å². The van der Waals surface area contributed by atoms with Crippen LogP contribution < -0.4 is 0 Å². The van der Waals surface area contributed by atoms with Gasteiger partial charge in [0.1, 0.15) is 13.2 Å². The fourth-order valence-electron chi connectivity index (χ4n) is 8.79. The van der Waals surface area contributed by atoms with Crippen molar-refractivity contribution in [3.05, 3.63) is 97.2 Å². The predicted octanol–water partition coefficient (Wildman–Crippen LogP) is 21.7. The van der Waals surface area contributed by atoms with Gasteiger partial charge in [0, 0.05) is 19.3 Å². The van der Waals surface area contributed by atoms with E-state index in [1.165, 1.54) is 167 Å².